The summed E-state index contributed by atoms with van der Waals surface area (Å²) >= 11 is 0. The molecule has 0 aromatic heterocycles. The summed E-state index contributed by atoms with van der Waals surface area (Å²) in [4.78, 5) is 14.2. The van der Waals surface area contributed by atoms with Crippen LogP contribution in [-0.2, 0) is 16.1 Å². The van der Waals surface area contributed by atoms with Crippen molar-refractivity contribution < 1.29 is 9.53 Å². The van der Waals surface area contributed by atoms with Gasteiger partial charge in [-0.3, -0.25) is 4.79 Å². The quantitative estimate of drug-likeness (QED) is 0.815. The van der Waals surface area contributed by atoms with Gasteiger partial charge in [0.25, 0.3) is 0 Å². The van der Waals surface area contributed by atoms with Crippen LogP contribution in [0.3, 0.4) is 0 Å². The fourth-order valence-electron chi connectivity index (χ4n) is 1.95. The van der Waals surface area contributed by atoms with E-state index in [2.05, 4.69) is 12.1 Å². The van der Waals surface area contributed by atoms with Crippen LogP contribution in [0.25, 0.3) is 0 Å². The molecule has 104 valence electrons. The molecule has 0 aliphatic heterocycles. The molecule has 1 fully saturated rings. The van der Waals surface area contributed by atoms with Gasteiger partial charge in [0.15, 0.2) is 0 Å². The molecule has 1 amide bonds. The predicted octanol–water partition coefficient (Wildman–Crippen LogP) is 2.99. The molecule has 1 aromatic rings. The molecule has 0 unspecified atom stereocenters. The van der Waals surface area contributed by atoms with E-state index in [-0.39, 0.29) is 18.1 Å². The van der Waals surface area contributed by atoms with Crippen LogP contribution < -0.4 is 0 Å². The summed E-state index contributed by atoms with van der Waals surface area (Å²) in [5.74, 6) is 0.0984. The molecule has 0 radical (unpaired) electrons. The number of carbonyl (C=O) groups excluding carboxylic acids is 1. The van der Waals surface area contributed by atoms with Gasteiger partial charge in [0, 0.05) is 12.6 Å². The lowest BCUT2D eigenvalue weighted by molar-refractivity contribution is -0.142. The lowest BCUT2D eigenvalue weighted by Crippen LogP contribution is -2.37. The van der Waals surface area contributed by atoms with Crippen LogP contribution in [0.1, 0.15) is 39.2 Å². The van der Waals surface area contributed by atoms with E-state index >= 15 is 0 Å². The fourth-order valence-corrected chi connectivity index (χ4v) is 1.95. The van der Waals surface area contributed by atoms with Crippen molar-refractivity contribution in [3.05, 3.63) is 35.9 Å². The van der Waals surface area contributed by atoms with Crippen LogP contribution in [0.4, 0.5) is 0 Å². The molecule has 0 N–H and O–H groups in total. The molecule has 3 heteroatoms. The molecule has 1 aromatic carbocycles. The summed E-state index contributed by atoms with van der Waals surface area (Å²) in [6, 6.07) is 10.6. The fraction of sp³-hybridized carbons (Fsp3) is 0.562. The minimum absolute atomic E-state index is 0.0984. The third kappa shape index (κ3) is 4.67. The van der Waals surface area contributed by atoms with E-state index in [9.17, 15) is 4.79 Å². The van der Waals surface area contributed by atoms with Crippen molar-refractivity contribution in [1.29, 1.82) is 0 Å². The summed E-state index contributed by atoms with van der Waals surface area (Å²) in [5, 5.41) is 0. The van der Waals surface area contributed by atoms with Gasteiger partial charge in [-0.1, -0.05) is 30.3 Å². The monoisotopic (exact) mass is 261 g/mol. The van der Waals surface area contributed by atoms with Gasteiger partial charge >= 0.3 is 0 Å². The standard InChI is InChI=1S/C16H23NO2/c1-16(2,3)19-12-15(18)17(14-9-10-14)11-13-7-5-4-6-8-13/h4-8,14H,9-12H2,1-3H3. The van der Waals surface area contributed by atoms with Gasteiger partial charge < -0.3 is 9.64 Å². The maximum atomic E-state index is 12.3. The number of nitrogens with zero attached hydrogens (tertiary/aromatic N) is 1. The van der Waals surface area contributed by atoms with Crippen LogP contribution >= 0.6 is 0 Å². The van der Waals surface area contributed by atoms with Gasteiger partial charge in [0.05, 0.1) is 5.60 Å². The van der Waals surface area contributed by atoms with Crippen LogP contribution in [0.15, 0.2) is 30.3 Å². The van der Waals surface area contributed by atoms with Crippen molar-refractivity contribution >= 4 is 5.91 Å². The summed E-state index contributed by atoms with van der Waals surface area (Å²) in [7, 11) is 0. The van der Waals surface area contributed by atoms with E-state index in [1.54, 1.807) is 0 Å². The number of benzene rings is 1. The van der Waals surface area contributed by atoms with E-state index in [1.165, 1.54) is 5.56 Å². The first kappa shape index (κ1) is 14.1. The Morgan fingerprint density at radius 3 is 2.42 bits per heavy atom. The zero-order valence-electron chi connectivity index (χ0n) is 12.1. The summed E-state index contributed by atoms with van der Waals surface area (Å²) < 4.78 is 5.60. The first-order valence-corrected chi connectivity index (χ1v) is 6.93. The first-order chi connectivity index (χ1) is 8.96. The van der Waals surface area contributed by atoms with Crippen molar-refractivity contribution in [3.8, 4) is 0 Å². The Labute approximate surface area is 115 Å². The average Bonchev–Trinajstić information content (AvgIpc) is 3.18. The van der Waals surface area contributed by atoms with E-state index < -0.39 is 0 Å². The summed E-state index contributed by atoms with van der Waals surface area (Å²) in [6.07, 6.45) is 2.24. The minimum Gasteiger partial charge on any atom is -0.366 e. The average molecular weight is 261 g/mol. The van der Waals surface area contributed by atoms with Gasteiger partial charge in [-0.25, -0.2) is 0 Å². The first-order valence-electron chi connectivity index (χ1n) is 6.93. The molecule has 0 atom stereocenters. The highest BCUT2D eigenvalue weighted by Crippen LogP contribution is 2.28. The maximum Gasteiger partial charge on any atom is 0.249 e. The predicted molar refractivity (Wildman–Crippen MR) is 75.7 cm³/mol. The molecule has 19 heavy (non-hydrogen) atoms. The lowest BCUT2D eigenvalue weighted by Gasteiger charge is -2.25. The molecular formula is C16H23NO2. The Morgan fingerprint density at radius 1 is 1.26 bits per heavy atom. The Hall–Kier alpha value is -1.35. The van der Waals surface area contributed by atoms with E-state index in [0.717, 1.165) is 12.8 Å². The zero-order chi connectivity index (χ0) is 13.9. The second-order valence-electron chi connectivity index (χ2n) is 6.14. The molecule has 0 saturated heterocycles. The summed E-state index contributed by atoms with van der Waals surface area (Å²) in [6.45, 7) is 6.78. The number of carbonyl (C=O) groups is 1. The second-order valence-corrected chi connectivity index (χ2v) is 6.14. The van der Waals surface area contributed by atoms with Crippen LogP contribution in [0, 0.1) is 0 Å². The summed E-state index contributed by atoms with van der Waals surface area (Å²) in [5.41, 5.74) is 0.913. The number of ether oxygens (including phenoxy) is 1. The van der Waals surface area contributed by atoms with Gasteiger partial charge in [-0.05, 0) is 39.2 Å². The second kappa shape index (κ2) is 5.74. The van der Waals surface area contributed by atoms with Gasteiger partial charge in [-0.2, -0.15) is 0 Å². The Kier molecular flexibility index (Phi) is 4.25. The third-order valence-corrected chi connectivity index (χ3v) is 3.13. The molecule has 1 aliphatic carbocycles. The van der Waals surface area contributed by atoms with E-state index in [0.29, 0.717) is 12.6 Å². The largest absolute Gasteiger partial charge is 0.366 e. The van der Waals surface area contributed by atoms with Crippen LogP contribution in [0.5, 0.6) is 0 Å². The van der Waals surface area contributed by atoms with Crippen LogP contribution in [0.2, 0.25) is 0 Å². The molecule has 0 bridgehead atoms. The molecule has 2 rings (SSSR count). The van der Waals surface area contributed by atoms with Gasteiger partial charge in [-0.15, -0.1) is 0 Å². The maximum absolute atomic E-state index is 12.3. The van der Waals surface area contributed by atoms with Crippen molar-refractivity contribution in [1.82, 2.24) is 4.90 Å². The highest BCUT2D eigenvalue weighted by molar-refractivity contribution is 5.78. The highest BCUT2D eigenvalue weighted by atomic mass is 16.5. The normalized spacial score (nSPS) is 15.3. The van der Waals surface area contributed by atoms with Crippen molar-refractivity contribution in [3.63, 3.8) is 0 Å². The van der Waals surface area contributed by atoms with Crippen molar-refractivity contribution in [2.75, 3.05) is 6.61 Å². The molecule has 3 nitrogen and oxygen atoms in total. The molecule has 1 aliphatic rings. The Balaban J connectivity index is 1.94. The zero-order valence-corrected chi connectivity index (χ0v) is 12.1. The van der Waals surface area contributed by atoms with E-state index in [4.69, 9.17) is 4.74 Å². The minimum atomic E-state index is -0.266. The van der Waals surface area contributed by atoms with Crippen molar-refractivity contribution in [2.45, 2.75) is 51.8 Å². The van der Waals surface area contributed by atoms with Gasteiger partial charge in [0.1, 0.15) is 6.61 Å². The SMILES string of the molecule is CC(C)(C)OCC(=O)N(Cc1ccccc1)C1CC1. The Bertz CT molecular complexity index is 418. The number of hydrogen-bond acceptors (Lipinski definition) is 2. The third-order valence-electron chi connectivity index (χ3n) is 3.13. The molecule has 0 heterocycles. The van der Waals surface area contributed by atoms with Crippen molar-refractivity contribution in [2.24, 2.45) is 0 Å². The number of amides is 1. The highest BCUT2D eigenvalue weighted by Gasteiger charge is 2.32. The van der Waals surface area contributed by atoms with Gasteiger partial charge in [0.2, 0.25) is 5.91 Å². The van der Waals surface area contributed by atoms with E-state index in [1.807, 2.05) is 43.9 Å². The van der Waals surface area contributed by atoms with Crippen LogP contribution in [-0.4, -0.2) is 29.1 Å². The molecule has 1 saturated carbocycles. The topological polar surface area (TPSA) is 29.5 Å². The number of rotatable bonds is 5. The lowest BCUT2D eigenvalue weighted by atomic mass is 10.2. The number of hydrogen-bond donors (Lipinski definition) is 0. The smallest absolute Gasteiger partial charge is 0.249 e. The molecular weight excluding hydrogens is 238 g/mol. The Morgan fingerprint density at radius 2 is 1.89 bits per heavy atom. The molecule has 0 spiro atoms.